The number of nitrogen functional groups attached to an aromatic ring is 1. The van der Waals surface area contributed by atoms with E-state index in [2.05, 4.69) is 11.5 Å². The van der Waals surface area contributed by atoms with Crippen molar-refractivity contribution in [3.05, 3.63) is 48.2 Å². The summed E-state index contributed by atoms with van der Waals surface area (Å²) in [6.07, 6.45) is 2.00. The molecule has 3 N–H and O–H groups in total. The number of rotatable bonds is 3. The van der Waals surface area contributed by atoms with Crippen LogP contribution in [0.2, 0.25) is 0 Å². The summed E-state index contributed by atoms with van der Waals surface area (Å²) in [6.45, 7) is 1.59. The van der Waals surface area contributed by atoms with E-state index in [0.29, 0.717) is 5.92 Å². The Kier molecular flexibility index (Phi) is 3.69. The minimum absolute atomic E-state index is 0.427. The van der Waals surface area contributed by atoms with Crippen LogP contribution in [0.1, 0.15) is 24.5 Å². The van der Waals surface area contributed by atoms with Gasteiger partial charge in [0.05, 0.1) is 11.4 Å². The SMILES string of the molecule is NNc1cc(-c2ccccc2)nc2cc(C3CCOCC3)nn12. The van der Waals surface area contributed by atoms with Gasteiger partial charge in [-0.25, -0.2) is 10.8 Å². The zero-order valence-electron chi connectivity index (χ0n) is 12.8. The molecule has 0 aliphatic carbocycles. The number of ether oxygens (including phenoxy) is 1. The minimum Gasteiger partial charge on any atom is -0.381 e. The average molecular weight is 309 g/mol. The van der Waals surface area contributed by atoms with Gasteiger partial charge < -0.3 is 10.2 Å². The van der Waals surface area contributed by atoms with Gasteiger partial charge in [0.2, 0.25) is 0 Å². The first-order valence-corrected chi connectivity index (χ1v) is 7.85. The normalized spacial score (nSPS) is 15.9. The van der Waals surface area contributed by atoms with Gasteiger partial charge >= 0.3 is 0 Å². The van der Waals surface area contributed by atoms with Crippen LogP contribution in [-0.2, 0) is 4.74 Å². The van der Waals surface area contributed by atoms with Gasteiger partial charge in [0.25, 0.3) is 0 Å². The molecule has 1 saturated heterocycles. The van der Waals surface area contributed by atoms with Gasteiger partial charge in [-0.15, -0.1) is 0 Å². The molecule has 0 radical (unpaired) electrons. The average Bonchev–Trinajstić information content (AvgIpc) is 3.06. The molecule has 0 unspecified atom stereocenters. The van der Waals surface area contributed by atoms with Crippen LogP contribution >= 0.6 is 0 Å². The van der Waals surface area contributed by atoms with Gasteiger partial charge in [-0.05, 0) is 12.8 Å². The third-order valence-corrected chi connectivity index (χ3v) is 4.30. The van der Waals surface area contributed by atoms with E-state index in [1.807, 2.05) is 36.4 Å². The van der Waals surface area contributed by atoms with E-state index in [0.717, 1.165) is 54.5 Å². The summed E-state index contributed by atoms with van der Waals surface area (Å²) in [5.41, 5.74) is 6.53. The second-order valence-corrected chi connectivity index (χ2v) is 5.76. The fraction of sp³-hybridized carbons (Fsp3) is 0.294. The molecule has 3 aromatic rings. The zero-order chi connectivity index (χ0) is 15.6. The highest BCUT2D eigenvalue weighted by atomic mass is 16.5. The number of anilines is 1. The summed E-state index contributed by atoms with van der Waals surface area (Å²) in [5.74, 6) is 6.85. The lowest BCUT2D eigenvalue weighted by atomic mass is 9.97. The lowest BCUT2D eigenvalue weighted by molar-refractivity contribution is 0.0844. The molecular weight excluding hydrogens is 290 g/mol. The Hall–Kier alpha value is -2.44. The predicted molar refractivity (Wildman–Crippen MR) is 89.0 cm³/mol. The van der Waals surface area contributed by atoms with Crippen LogP contribution in [0.5, 0.6) is 0 Å². The van der Waals surface area contributed by atoms with E-state index < -0.39 is 0 Å². The van der Waals surface area contributed by atoms with Crippen LogP contribution in [-0.4, -0.2) is 27.8 Å². The third-order valence-electron chi connectivity index (χ3n) is 4.30. The van der Waals surface area contributed by atoms with Crippen molar-refractivity contribution in [2.24, 2.45) is 5.84 Å². The Morgan fingerprint density at radius 1 is 1.13 bits per heavy atom. The standard InChI is InChI=1S/C17H19N5O/c18-20-17-10-14(12-4-2-1-3-5-12)19-16-11-15(21-22(16)17)13-6-8-23-9-7-13/h1-5,10-11,13,20H,6-9,18H2. The van der Waals surface area contributed by atoms with E-state index in [4.69, 9.17) is 20.7 Å². The number of hydrogen-bond acceptors (Lipinski definition) is 5. The maximum atomic E-state index is 5.69. The van der Waals surface area contributed by atoms with E-state index >= 15 is 0 Å². The largest absolute Gasteiger partial charge is 0.381 e. The summed E-state index contributed by atoms with van der Waals surface area (Å²) < 4.78 is 7.21. The highest BCUT2D eigenvalue weighted by Crippen LogP contribution is 2.28. The molecule has 4 rings (SSSR count). The van der Waals surface area contributed by atoms with Crippen LogP contribution in [0.3, 0.4) is 0 Å². The smallest absolute Gasteiger partial charge is 0.158 e. The lowest BCUT2D eigenvalue weighted by Crippen LogP contribution is -2.15. The van der Waals surface area contributed by atoms with Crippen molar-refractivity contribution in [1.29, 1.82) is 0 Å². The Labute approximate surface area is 134 Å². The van der Waals surface area contributed by atoms with Crippen LogP contribution in [0.4, 0.5) is 5.82 Å². The highest BCUT2D eigenvalue weighted by molar-refractivity contribution is 5.66. The molecule has 0 atom stereocenters. The van der Waals surface area contributed by atoms with Gasteiger partial charge in [0.15, 0.2) is 5.65 Å². The van der Waals surface area contributed by atoms with Crippen molar-refractivity contribution in [3.63, 3.8) is 0 Å². The van der Waals surface area contributed by atoms with E-state index in [-0.39, 0.29) is 0 Å². The molecule has 118 valence electrons. The maximum absolute atomic E-state index is 5.69. The van der Waals surface area contributed by atoms with Crippen LogP contribution in [0.25, 0.3) is 16.9 Å². The molecule has 2 aromatic heterocycles. The monoisotopic (exact) mass is 309 g/mol. The third kappa shape index (κ3) is 2.67. The Morgan fingerprint density at radius 2 is 1.91 bits per heavy atom. The fourth-order valence-corrected chi connectivity index (χ4v) is 3.04. The van der Waals surface area contributed by atoms with E-state index in [9.17, 15) is 0 Å². The molecule has 0 spiro atoms. The number of fused-ring (bicyclic) bond motifs is 1. The van der Waals surface area contributed by atoms with Crippen molar-refractivity contribution in [2.75, 3.05) is 18.6 Å². The molecule has 1 aliphatic rings. The maximum Gasteiger partial charge on any atom is 0.158 e. The van der Waals surface area contributed by atoms with Crippen LogP contribution < -0.4 is 11.3 Å². The lowest BCUT2D eigenvalue weighted by Gasteiger charge is -2.19. The van der Waals surface area contributed by atoms with Crippen molar-refractivity contribution in [2.45, 2.75) is 18.8 Å². The minimum atomic E-state index is 0.427. The first kappa shape index (κ1) is 14.2. The molecule has 1 aromatic carbocycles. The fourth-order valence-electron chi connectivity index (χ4n) is 3.04. The summed E-state index contributed by atoms with van der Waals surface area (Å²) in [6, 6.07) is 14.0. The van der Waals surface area contributed by atoms with Crippen molar-refractivity contribution in [3.8, 4) is 11.3 Å². The van der Waals surface area contributed by atoms with Gasteiger partial charge in [-0.2, -0.15) is 9.61 Å². The van der Waals surface area contributed by atoms with Crippen molar-refractivity contribution < 1.29 is 4.74 Å². The van der Waals surface area contributed by atoms with Crippen LogP contribution in [0, 0.1) is 0 Å². The molecule has 6 heteroatoms. The van der Waals surface area contributed by atoms with Crippen molar-refractivity contribution in [1.82, 2.24) is 14.6 Å². The molecule has 23 heavy (non-hydrogen) atoms. The topological polar surface area (TPSA) is 77.5 Å². The first-order chi connectivity index (χ1) is 11.3. The molecular formula is C17H19N5O. The molecule has 1 aliphatic heterocycles. The van der Waals surface area contributed by atoms with Crippen LogP contribution in [0.15, 0.2) is 42.5 Å². The first-order valence-electron chi connectivity index (χ1n) is 7.85. The van der Waals surface area contributed by atoms with E-state index in [1.54, 1.807) is 4.52 Å². The second kappa shape index (κ2) is 5.98. The second-order valence-electron chi connectivity index (χ2n) is 5.76. The number of hydrazine groups is 1. The van der Waals surface area contributed by atoms with Gasteiger partial charge in [-0.1, -0.05) is 30.3 Å². The molecule has 1 fully saturated rings. The molecule has 0 bridgehead atoms. The number of nitrogens with two attached hydrogens (primary N) is 1. The Morgan fingerprint density at radius 3 is 2.65 bits per heavy atom. The summed E-state index contributed by atoms with van der Waals surface area (Å²) in [4.78, 5) is 4.74. The van der Waals surface area contributed by atoms with E-state index in [1.165, 1.54) is 0 Å². The molecule has 0 amide bonds. The summed E-state index contributed by atoms with van der Waals surface area (Å²) >= 11 is 0. The van der Waals surface area contributed by atoms with Gasteiger partial charge in [-0.3, -0.25) is 0 Å². The van der Waals surface area contributed by atoms with Crippen molar-refractivity contribution >= 4 is 11.5 Å². The zero-order valence-corrected chi connectivity index (χ0v) is 12.8. The highest BCUT2D eigenvalue weighted by Gasteiger charge is 2.20. The quantitative estimate of drug-likeness (QED) is 0.574. The predicted octanol–water partition coefficient (Wildman–Crippen LogP) is 2.58. The number of nitrogens with zero attached hydrogens (tertiary/aromatic N) is 3. The number of benzene rings is 1. The molecule has 3 heterocycles. The van der Waals surface area contributed by atoms with Gasteiger partial charge in [0, 0.05) is 36.8 Å². The molecule has 6 nitrogen and oxygen atoms in total. The van der Waals surface area contributed by atoms with Gasteiger partial charge in [0.1, 0.15) is 5.82 Å². The number of hydrogen-bond donors (Lipinski definition) is 2. The molecule has 0 saturated carbocycles. The number of nitrogens with one attached hydrogen (secondary N) is 1. The summed E-state index contributed by atoms with van der Waals surface area (Å²) in [5, 5.41) is 4.70. The Balaban J connectivity index is 1.80. The summed E-state index contributed by atoms with van der Waals surface area (Å²) in [7, 11) is 0. The Bertz CT molecular complexity index is 808. The number of aromatic nitrogens is 3.